The molecule has 1 heterocycles. The predicted molar refractivity (Wildman–Crippen MR) is 133 cm³/mol. The average Bonchev–Trinajstić information content (AvgIpc) is 3.12. The van der Waals surface area contributed by atoms with Crippen LogP contribution >= 0.6 is 39.5 Å². The van der Waals surface area contributed by atoms with Crippen LogP contribution < -0.4 is 5.32 Å². The Morgan fingerprint density at radius 3 is 2.45 bits per heavy atom. The van der Waals surface area contributed by atoms with Crippen LogP contribution in [-0.4, -0.2) is 22.4 Å². The number of fused-ring (bicyclic) bond motifs is 1. The van der Waals surface area contributed by atoms with Gasteiger partial charge in [-0.2, -0.15) is 0 Å². The molecule has 0 aliphatic carbocycles. The molecule has 2 N–H and O–H groups in total. The first-order valence-electron chi connectivity index (χ1n) is 9.67. The van der Waals surface area contributed by atoms with E-state index < -0.39 is 0 Å². The second-order valence-electron chi connectivity index (χ2n) is 6.54. The molecule has 3 nitrogen and oxygen atoms in total. The van der Waals surface area contributed by atoms with Gasteiger partial charge in [0.2, 0.25) is 0 Å². The molecule has 0 radical (unpaired) electrons. The van der Waals surface area contributed by atoms with Crippen LogP contribution in [0, 0.1) is 0 Å². The highest BCUT2D eigenvalue weighted by molar-refractivity contribution is 9.10. The van der Waals surface area contributed by atoms with E-state index in [0.29, 0.717) is 0 Å². The third-order valence-electron chi connectivity index (χ3n) is 4.62. The van der Waals surface area contributed by atoms with Gasteiger partial charge in [0, 0.05) is 43.0 Å². The molecule has 1 atom stereocenters. The van der Waals surface area contributed by atoms with E-state index in [2.05, 4.69) is 59.1 Å². The molecule has 1 aromatic heterocycles. The van der Waals surface area contributed by atoms with Crippen molar-refractivity contribution in [2.24, 2.45) is 0 Å². The zero-order valence-electron chi connectivity index (χ0n) is 16.8. The summed E-state index contributed by atoms with van der Waals surface area (Å²) in [7, 11) is 0. The molecule has 0 fully saturated rings. The number of hydrogen-bond acceptors (Lipinski definition) is 3. The maximum Gasteiger partial charge on any atom is 0.253 e. The van der Waals surface area contributed by atoms with Crippen molar-refractivity contribution in [3.05, 3.63) is 74.6 Å². The molecule has 6 heteroatoms. The minimum Gasteiger partial charge on any atom is -0.361 e. The Hall–Kier alpha value is -1.63. The summed E-state index contributed by atoms with van der Waals surface area (Å²) in [5.41, 5.74) is 3.84. The fourth-order valence-electron chi connectivity index (χ4n) is 3.27. The van der Waals surface area contributed by atoms with E-state index in [-0.39, 0.29) is 11.8 Å². The second kappa shape index (κ2) is 10.4. The fraction of sp³-hybridized carbons (Fsp3) is 0.261. The summed E-state index contributed by atoms with van der Waals surface area (Å²) < 4.78 is 2.13. The molecule has 29 heavy (non-hydrogen) atoms. The number of carbonyl (C=O) groups excluding carboxylic acids is 1. The molecule has 0 aliphatic heterocycles. The van der Waals surface area contributed by atoms with E-state index in [4.69, 9.17) is 0 Å². The zero-order chi connectivity index (χ0) is 20.8. The SMILES string of the molecule is CCSC(SCC)=C(C(=O)Nc1ccccc1)C(C)c1c[nH]c2ccc(Br)cc12. The minimum atomic E-state index is -0.0464. The van der Waals surface area contributed by atoms with Gasteiger partial charge >= 0.3 is 0 Å². The molecule has 3 aromatic rings. The Labute approximate surface area is 189 Å². The Morgan fingerprint density at radius 1 is 1.10 bits per heavy atom. The van der Waals surface area contributed by atoms with E-state index in [1.807, 2.05) is 42.6 Å². The Bertz CT molecular complexity index is 1010. The molecule has 152 valence electrons. The highest BCUT2D eigenvalue weighted by Crippen LogP contribution is 2.40. The number of para-hydroxylation sites is 1. The van der Waals surface area contributed by atoms with Crippen LogP contribution in [-0.2, 0) is 4.79 Å². The van der Waals surface area contributed by atoms with Crippen molar-refractivity contribution in [2.75, 3.05) is 16.8 Å². The third kappa shape index (κ3) is 5.30. The number of halogens is 1. The molecule has 1 unspecified atom stereocenters. The molecule has 0 saturated carbocycles. The molecule has 1 amide bonds. The number of thioether (sulfide) groups is 2. The van der Waals surface area contributed by atoms with Crippen molar-refractivity contribution in [2.45, 2.75) is 26.7 Å². The van der Waals surface area contributed by atoms with E-state index in [1.54, 1.807) is 23.5 Å². The van der Waals surface area contributed by atoms with Gasteiger partial charge in [0.05, 0.1) is 0 Å². The van der Waals surface area contributed by atoms with Crippen molar-refractivity contribution in [1.82, 2.24) is 4.98 Å². The van der Waals surface area contributed by atoms with Crippen LogP contribution in [0.1, 0.15) is 32.3 Å². The topological polar surface area (TPSA) is 44.9 Å². The van der Waals surface area contributed by atoms with Crippen molar-refractivity contribution >= 4 is 62.0 Å². The van der Waals surface area contributed by atoms with Crippen molar-refractivity contribution in [3.8, 4) is 0 Å². The summed E-state index contributed by atoms with van der Waals surface area (Å²) >= 11 is 7.06. The number of aromatic amines is 1. The average molecular weight is 490 g/mol. The van der Waals surface area contributed by atoms with Gasteiger partial charge < -0.3 is 10.3 Å². The van der Waals surface area contributed by atoms with Gasteiger partial charge in [0.15, 0.2) is 0 Å². The number of carbonyl (C=O) groups is 1. The summed E-state index contributed by atoms with van der Waals surface area (Å²) in [6.07, 6.45) is 2.03. The minimum absolute atomic E-state index is 0.0371. The van der Waals surface area contributed by atoms with E-state index in [1.165, 1.54) is 0 Å². The molecule has 0 bridgehead atoms. The third-order valence-corrected chi connectivity index (χ3v) is 7.36. The van der Waals surface area contributed by atoms with Crippen LogP contribution in [0.25, 0.3) is 10.9 Å². The number of H-pyrrole nitrogens is 1. The Kier molecular flexibility index (Phi) is 7.92. The highest BCUT2D eigenvalue weighted by atomic mass is 79.9. The van der Waals surface area contributed by atoms with Gasteiger partial charge in [0.25, 0.3) is 5.91 Å². The van der Waals surface area contributed by atoms with Crippen molar-refractivity contribution in [1.29, 1.82) is 0 Å². The normalized spacial score (nSPS) is 12.0. The van der Waals surface area contributed by atoms with Crippen LogP contribution in [0.4, 0.5) is 5.69 Å². The van der Waals surface area contributed by atoms with Crippen LogP contribution in [0.3, 0.4) is 0 Å². The van der Waals surface area contributed by atoms with Crippen LogP contribution in [0.2, 0.25) is 0 Å². The molecule has 0 aliphatic rings. The molecular weight excluding hydrogens is 464 g/mol. The first kappa shape index (κ1) is 22.1. The smallest absolute Gasteiger partial charge is 0.253 e. The van der Waals surface area contributed by atoms with Gasteiger partial charge in [0.1, 0.15) is 0 Å². The molecule has 2 aromatic carbocycles. The Balaban J connectivity index is 2.06. The van der Waals surface area contributed by atoms with Gasteiger partial charge in [-0.05, 0) is 47.4 Å². The maximum absolute atomic E-state index is 13.4. The number of anilines is 1. The number of benzene rings is 2. The lowest BCUT2D eigenvalue weighted by Crippen LogP contribution is -2.19. The molecule has 0 saturated heterocycles. The number of amides is 1. The summed E-state index contributed by atoms with van der Waals surface area (Å²) in [4.78, 5) is 16.8. The Morgan fingerprint density at radius 2 is 1.79 bits per heavy atom. The number of hydrogen-bond donors (Lipinski definition) is 2. The van der Waals surface area contributed by atoms with Crippen molar-refractivity contribution in [3.63, 3.8) is 0 Å². The zero-order valence-corrected chi connectivity index (χ0v) is 20.0. The summed E-state index contributed by atoms with van der Waals surface area (Å²) in [6, 6.07) is 15.9. The van der Waals surface area contributed by atoms with Crippen molar-refractivity contribution < 1.29 is 4.79 Å². The second-order valence-corrected chi connectivity index (χ2v) is 10.3. The quantitative estimate of drug-likeness (QED) is 0.324. The molecule has 0 spiro atoms. The standard InChI is InChI=1S/C23H25BrN2OS2/c1-4-28-23(29-5-2)21(22(27)26-17-9-7-6-8-10-17)15(3)19-14-25-20-12-11-16(24)13-18(19)20/h6-15,25H,4-5H2,1-3H3,(H,26,27). The summed E-state index contributed by atoms with van der Waals surface area (Å²) in [5.74, 6) is 1.77. The fourth-order valence-corrected chi connectivity index (χ4v) is 6.05. The van der Waals surface area contributed by atoms with Gasteiger partial charge in [-0.15, -0.1) is 23.5 Å². The largest absolute Gasteiger partial charge is 0.361 e. The van der Waals surface area contributed by atoms with E-state index in [9.17, 15) is 4.79 Å². The van der Waals surface area contributed by atoms with Gasteiger partial charge in [-0.1, -0.05) is 54.9 Å². The first-order valence-corrected chi connectivity index (χ1v) is 12.4. The van der Waals surface area contributed by atoms with Crippen LogP contribution in [0.15, 0.2) is 69.0 Å². The maximum atomic E-state index is 13.4. The lowest BCUT2D eigenvalue weighted by Gasteiger charge is -2.20. The first-order chi connectivity index (χ1) is 14.0. The number of nitrogens with one attached hydrogen (secondary N) is 2. The lowest BCUT2D eigenvalue weighted by atomic mass is 9.93. The number of aromatic nitrogens is 1. The highest BCUT2D eigenvalue weighted by Gasteiger charge is 2.25. The van der Waals surface area contributed by atoms with E-state index >= 15 is 0 Å². The lowest BCUT2D eigenvalue weighted by molar-refractivity contribution is -0.113. The van der Waals surface area contributed by atoms with Gasteiger partial charge in [-0.25, -0.2) is 0 Å². The summed E-state index contributed by atoms with van der Waals surface area (Å²) in [6.45, 7) is 6.37. The van der Waals surface area contributed by atoms with E-state index in [0.717, 1.165) is 47.9 Å². The predicted octanol–water partition coefficient (Wildman–Crippen LogP) is 7.39. The summed E-state index contributed by atoms with van der Waals surface area (Å²) in [5, 5.41) is 4.24. The van der Waals surface area contributed by atoms with Gasteiger partial charge in [-0.3, -0.25) is 4.79 Å². The number of rotatable bonds is 8. The molecule has 3 rings (SSSR count). The molecular formula is C23H25BrN2OS2. The monoisotopic (exact) mass is 488 g/mol. The van der Waals surface area contributed by atoms with Crippen LogP contribution in [0.5, 0.6) is 0 Å².